The molecule has 1 N–H and O–H groups in total. The van der Waals surface area contributed by atoms with Gasteiger partial charge in [0.1, 0.15) is 13.2 Å². The summed E-state index contributed by atoms with van der Waals surface area (Å²) in [6.45, 7) is 0.830. The Bertz CT molecular complexity index is 1420. The molecule has 2 aliphatic heterocycles. The van der Waals surface area contributed by atoms with Crippen LogP contribution in [0.3, 0.4) is 0 Å². The molecule has 0 spiro atoms. The van der Waals surface area contributed by atoms with Crippen LogP contribution in [0.2, 0.25) is 0 Å². The molecule has 242 valence electrons. The number of rotatable bonds is 6. The molecule has 0 bridgehead atoms. The Morgan fingerprint density at radius 1 is 0.864 bits per heavy atom. The van der Waals surface area contributed by atoms with Gasteiger partial charge in [-0.2, -0.15) is 30.4 Å². The van der Waals surface area contributed by atoms with E-state index in [9.17, 15) is 49.5 Å². The zero-order chi connectivity index (χ0) is 32.8. The van der Waals surface area contributed by atoms with Crippen molar-refractivity contribution >= 4 is 22.3 Å². The molecule has 2 aromatic rings. The fourth-order valence-electron chi connectivity index (χ4n) is 3.89. The molecule has 10 nitrogen and oxygen atoms in total. The molecule has 1 atom stereocenters. The van der Waals surface area contributed by atoms with Crippen molar-refractivity contribution in [3.8, 4) is 0 Å². The van der Waals surface area contributed by atoms with Crippen LogP contribution in [0.15, 0.2) is 72.7 Å². The lowest BCUT2D eigenvalue weighted by Crippen LogP contribution is -2.68. The van der Waals surface area contributed by atoms with Crippen LogP contribution >= 0.6 is 0 Å². The van der Waals surface area contributed by atoms with Gasteiger partial charge in [0, 0.05) is 13.1 Å². The molecule has 2 heterocycles. The van der Waals surface area contributed by atoms with Gasteiger partial charge < -0.3 is 19.5 Å². The molecule has 1 unspecified atom stereocenters. The third kappa shape index (κ3) is 8.21. The Balaban J connectivity index is 0.000000266. The maximum atomic E-state index is 14.2. The molecular formula is C27H28F6N2O8S. The van der Waals surface area contributed by atoms with Gasteiger partial charge in [0.2, 0.25) is 0 Å². The van der Waals surface area contributed by atoms with Gasteiger partial charge in [-0.3, -0.25) is 0 Å². The van der Waals surface area contributed by atoms with E-state index in [1.807, 2.05) is 30.3 Å². The second-order valence-corrected chi connectivity index (χ2v) is 11.2. The van der Waals surface area contributed by atoms with Crippen molar-refractivity contribution < 1.29 is 63.1 Å². The number of amides is 2. The molecule has 44 heavy (non-hydrogen) atoms. The zero-order valence-electron chi connectivity index (χ0n) is 23.0. The van der Waals surface area contributed by atoms with Crippen molar-refractivity contribution in [2.75, 3.05) is 19.3 Å². The van der Waals surface area contributed by atoms with Crippen LogP contribution in [0, 0.1) is 0 Å². The third-order valence-electron chi connectivity index (χ3n) is 6.23. The first-order valence-corrected chi connectivity index (χ1v) is 14.7. The van der Waals surface area contributed by atoms with Crippen molar-refractivity contribution in [2.45, 2.75) is 50.0 Å². The number of hydrogen-bond donors (Lipinski definition) is 1. The molecule has 2 amide bonds. The van der Waals surface area contributed by atoms with Gasteiger partial charge in [-0.1, -0.05) is 60.7 Å². The number of nitrogens with zero attached hydrogens (tertiary/aromatic N) is 2. The highest BCUT2D eigenvalue weighted by molar-refractivity contribution is 7.86. The van der Waals surface area contributed by atoms with Gasteiger partial charge >= 0.3 is 30.0 Å². The van der Waals surface area contributed by atoms with E-state index in [0.717, 1.165) is 5.56 Å². The maximum absolute atomic E-state index is 14.2. The van der Waals surface area contributed by atoms with Gasteiger partial charge in [-0.25, -0.2) is 23.1 Å². The van der Waals surface area contributed by atoms with E-state index in [1.165, 1.54) is 24.3 Å². The molecule has 2 aliphatic rings. The summed E-state index contributed by atoms with van der Waals surface area (Å²) in [7, 11) is -5.12. The summed E-state index contributed by atoms with van der Waals surface area (Å²) in [5.74, 6) is -14.2. The number of aliphatic hydroxyl groups excluding tert-OH is 1. The Hall–Kier alpha value is -3.83. The number of halogens is 6. The van der Waals surface area contributed by atoms with Crippen LogP contribution in [0.5, 0.6) is 0 Å². The summed E-state index contributed by atoms with van der Waals surface area (Å²) in [6, 6.07) is 11.3. The molecule has 0 aromatic heterocycles. The highest BCUT2D eigenvalue weighted by atomic mass is 32.2. The average Bonchev–Trinajstić information content (AvgIpc) is 2.97. The highest BCUT2D eigenvalue weighted by Crippen LogP contribution is 2.54. The SMILES string of the molecule is CS(=O)(=O)OC1(F)C(F)=CN(C(=O)OCc2ccccc2)C(F)(F)C1(F)F.O=C(OCc1ccccc1)N1CCC(O)CC1. The van der Waals surface area contributed by atoms with Gasteiger partial charge in [-0.15, -0.1) is 0 Å². The number of ether oxygens (including phenoxy) is 2. The Morgan fingerprint density at radius 3 is 1.77 bits per heavy atom. The van der Waals surface area contributed by atoms with Crippen LogP contribution in [0.25, 0.3) is 0 Å². The molecule has 0 aliphatic carbocycles. The lowest BCUT2D eigenvalue weighted by Gasteiger charge is -2.42. The van der Waals surface area contributed by atoms with Gasteiger partial charge in [0.15, 0.2) is 5.83 Å². The zero-order valence-corrected chi connectivity index (χ0v) is 23.9. The number of hydrogen-bond acceptors (Lipinski definition) is 8. The topological polar surface area (TPSA) is 123 Å². The van der Waals surface area contributed by atoms with Crippen LogP contribution in [0.4, 0.5) is 35.9 Å². The number of carbonyl (C=O) groups excluding carboxylic acids is 2. The van der Waals surface area contributed by atoms with Crippen LogP contribution in [-0.4, -0.2) is 78.8 Å². The largest absolute Gasteiger partial charge is 0.445 e. The summed E-state index contributed by atoms with van der Waals surface area (Å²) < 4.78 is 119. The molecule has 1 fully saturated rings. The lowest BCUT2D eigenvalue weighted by molar-refractivity contribution is -0.354. The minimum Gasteiger partial charge on any atom is -0.445 e. The van der Waals surface area contributed by atoms with Crippen LogP contribution < -0.4 is 0 Å². The maximum Gasteiger partial charge on any atom is 0.419 e. The molecule has 17 heteroatoms. The number of likely N-dealkylation sites (tertiary alicyclic amines) is 1. The normalized spacial score (nSPS) is 21.4. The number of piperidine rings is 1. The van der Waals surface area contributed by atoms with Crippen molar-refractivity contribution in [1.29, 1.82) is 0 Å². The monoisotopic (exact) mass is 654 g/mol. The smallest absolute Gasteiger partial charge is 0.419 e. The molecule has 1 saturated heterocycles. The summed E-state index contributed by atoms with van der Waals surface area (Å²) >= 11 is 0. The minimum absolute atomic E-state index is 0.0519. The summed E-state index contributed by atoms with van der Waals surface area (Å²) in [4.78, 5) is 23.9. The quantitative estimate of drug-likeness (QED) is 0.260. The molecular weight excluding hydrogens is 626 g/mol. The van der Waals surface area contributed by atoms with Crippen molar-refractivity contribution in [3.63, 3.8) is 0 Å². The molecule has 4 rings (SSSR count). The van der Waals surface area contributed by atoms with E-state index in [1.54, 1.807) is 11.0 Å². The molecule has 0 saturated carbocycles. The lowest BCUT2D eigenvalue weighted by atomic mass is 10.0. The van der Waals surface area contributed by atoms with Gasteiger partial charge in [0.05, 0.1) is 18.6 Å². The second-order valence-electron chi connectivity index (χ2n) is 9.64. The number of benzene rings is 2. The van der Waals surface area contributed by atoms with Gasteiger partial charge in [0.25, 0.3) is 10.1 Å². The first-order chi connectivity index (χ1) is 20.5. The first-order valence-electron chi connectivity index (χ1n) is 12.8. The van der Waals surface area contributed by atoms with Gasteiger partial charge in [-0.05, 0) is 24.0 Å². The third-order valence-corrected chi connectivity index (χ3v) is 6.76. The summed E-state index contributed by atoms with van der Waals surface area (Å²) in [5, 5.41) is 9.34. The van der Waals surface area contributed by atoms with E-state index in [-0.39, 0.29) is 18.5 Å². The summed E-state index contributed by atoms with van der Waals surface area (Å²) in [6.07, 6.45) is -2.00. The summed E-state index contributed by atoms with van der Waals surface area (Å²) in [5.41, 5.74) is 1.28. The van der Waals surface area contributed by atoms with E-state index in [2.05, 4.69) is 8.92 Å². The molecule has 0 radical (unpaired) electrons. The predicted octanol–water partition coefficient (Wildman–Crippen LogP) is 5.10. The number of carbonyl (C=O) groups is 2. The minimum atomic E-state index is -6.10. The predicted molar refractivity (Wildman–Crippen MR) is 141 cm³/mol. The van der Waals surface area contributed by atoms with Crippen molar-refractivity contribution in [3.05, 3.63) is 83.8 Å². The first kappa shape index (κ1) is 34.7. The Labute approximate surface area is 248 Å². The Morgan fingerprint density at radius 2 is 1.32 bits per heavy atom. The van der Waals surface area contributed by atoms with E-state index >= 15 is 0 Å². The Kier molecular flexibility index (Phi) is 10.9. The standard InChI is InChI=1S/C14H11F6NO5S.C13H17NO3/c1-27(23,24)26-12(16)10(15)7-21(14(19,20)13(12,17)18)11(22)25-8-9-5-3-2-4-6-9;15-12-6-8-14(9-7-12)13(16)17-10-11-4-2-1-3-5-11/h2-7H,8H2,1H3;1-5,12,15H,6-10H2. The van der Waals surface area contributed by atoms with Crippen molar-refractivity contribution in [1.82, 2.24) is 9.80 Å². The number of alkyl halides is 5. The van der Waals surface area contributed by atoms with Crippen LogP contribution in [0.1, 0.15) is 24.0 Å². The van der Waals surface area contributed by atoms with Crippen molar-refractivity contribution in [2.24, 2.45) is 0 Å². The van der Waals surface area contributed by atoms with E-state index < -0.39 is 57.6 Å². The highest BCUT2D eigenvalue weighted by Gasteiger charge is 2.80. The number of aliphatic hydroxyl groups is 1. The molecule has 2 aromatic carbocycles. The average molecular weight is 655 g/mol. The van der Waals surface area contributed by atoms with Crippen LogP contribution in [-0.2, 0) is 37.0 Å². The van der Waals surface area contributed by atoms with E-state index in [4.69, 9.17) is 4.74 Å². The fraction of sp³-hybridized carbons (Fsp3) is 0.407. The van der Waals surface area contributed by atoms with E-state index in [0.29, 0.717) is 38.1 Å². The second kappa shape index (κ2) is 13.9. The fourth-order valence-corrected chi connectivity index (χ4v) is 4.49.